The number of rotatable bonds is 9. The molecule has 8 nitrogen and oxygen atoms in total. The Morgan fingerprint density at radius 1 is 0.851 bits per heavy atom. The van der Waals surface area contributed by atoms with Crippen LogP contribution in [0.4, 0.5) is 5.69 Å². The molecule has 9 heteroatoms. The normalized spacial score (nSPS) is 11.9. The molecule has 1 amide bonds. The van der Waals surface area contributed by atoms with Crippen molar-refractivity contribution in [3.8, 4) is 22.4 Å². The zero-order valence-corrected chi connectivity index (χ0v) is 27.2. The molecule has 1 heterocycles. The minimum atomic E-state index is -1.06. The Morgan fingerprint density at radius 2 is 1.49 bits per heavy atom. The van der Waals surface area contributed by atoms with Gasteiger partial charge in [-0.25, -0.2) is 9.48 Å². The Morgan fingerprint density at radius 3 is 2.11 bits per heavy atom. The van der Waals surface area contributed by atoms with Gasteiger partial charge in [-0.1, -0.05) is 72.3 Å². The molecule has 0 unspecified atom stereocenters. The van der Waals surface area contributed by atoms with Gasteiger partial charge in [0.05, 0.1) is 11.3 Å². The molecule has 0 saturated carbocycles. The number of halogens is 1. The molecule has 4 aromatic carbocycles. The first-order valence-electron chi connectivity index (χ1n) is 15.1. The molecule has 1 atom stereocenters. The molecule has 5 aromatic rings. The van der Waals surface area contributed by atoms with Gasteiger partial charge in [0.25, 0.3) is 5.56 Å². The number of aromatic nitrogens is 2. The van der Waals surface area contributed by atoms with E-state index in [1.165, 1.54) is 17.7 Å². The van der Waals surface area contributed by atoms with Crippen LogP contribution in [0.25, 0.3) is 22.4 Å². The number of ether oxygens (including phenoxy) is 1. The number of hydrogen-bond donors (Lipinski definition) is 1. The average molecular weight is 648 g/mol. The van der Waals surface area contributed by atoms with Gasteiger partial charge in [-0.2, -0.15) is 5.10 Å². The summed E-state index contributed by atoms with van der Waals surface area (Å²) in [6, 6.07) is 30.1. The molecule has 0 saturated heterocycles. The van der Waals surface area contributed by atoms with Crippen LogP contribution in [0.5, 0.6) is 0 Å². The predicted octanol–water partition coefficient (Wildman–Crippen LogP) is 7.81. The predicted molar refractivity (Wildman–Crippen MR) is 184 cm³/mol. The van der Waals surface area contributed by atoms with Crippen LogP contribution >= 0.6 is 11.6 Å². The highest BCUT2D eigenvalue weighted by atomic mass is 35.5. The van der Waals surface area contributed by atoms with Crippen molar-refractivity contribution in [2.75, 3.05) is 5.32 Å². The molecule has 0 aliphatic heterocycles. The summed E-state index contributed by atoms with van der Waals surface area (Å²) >= 11 is 6.36. The molecule has 0 aliphatic carbocycles. The molecule has 0 radical (unpaired) electrons. The van der Waals surface area contributed by atoms with Gasteiger partial charge in [-0.15, -0.1) is 0 Å². The first-order valence-corrected chi connectivity index (χ1v) is 15.5. The second-order valence-corrected chi connectivity index (χ2v) is 12.5. The van der Waals surface area contributed by atoms with Crippen molar-refractivity contribution in [2.45, 2.75) is 45.8 Å². The molecular weight excluding hydrogens is 614 g/mol. The molecule has 238 valence electrons. The second-order valence-electron chi connectivity index (χ2n) is 12.1. The van der Waals surface area contributed by atoms with E-state index in [9.17, 15) is 19.2 Å². The summed E-state index contributed by atoms with van der Waals surface area (Å²) in [5.74, 6) is -1.15. The Labute approximate surface area is 278 Å². The fourth-order valence-corrected chi connectivity index (χ4v) is 5.30. The number of Topliss-reactive ketones (excluding diaryl/α,β-unsaturated/α-hetero) is 1. The highest BCUT2D eigenvalue weighted by Crippen LogP contribution is 2.34. The van der Waals surface area contributed by atoms with Crippen LogP contribution in [0.15, 0.2) is 114 Å². The van der Waals surface area contributed by atoms with E-state index in [-0.39, 0.29) is 12.2 Å². The largest absolute Gasteiger partial charge is 0.456 e. The van der Waals surface area contributed by atoms with Crippen molar-refractivity contribution in [3.63, 3.8) is 0 Å². The van der Waals surface area contributed by atoms with E-state index in [2.05, 4.69) is 5.32 Å². The maximum Gasteiger partial charge on any atom is 0.338 e. The Kier molecular flexibility index (Phi) is 9.82. The smallest absolute Gasteiger partial charge is 0.338 e. The molecule has 1 N–H and O–H groups in total. The van der Waals surface area contributed by atoms with Crippen LogP contribution in [0, 0.1) is 0 Å². The topological polar surface area (TPSA) is 107 Å². The van der Waals surface area contributed by atoms with Crippen LogP contribution in [0.2, 0.25) is 5.02 Å². The van der Waals surface area contributed by atoms with Crippen LogP contribution < -0.4 is 10.9 Å². The first-order chi connectivity index (χ1) is 22.4. The summed E-state index contributed by atoms with van der Waals surface area (Å²) in [5.41, 5.74) is 2.76. The number of carbonyl (C=O) groups is 3. The number of benzene rings is 4. The zero-order valence-electron chi connectivity index (χ0n) is 26.5. The third kappa shape index (κ3) is 8.09. The van der Waals surface area contributed by atoms with E-state index in [0.29, 0.717) is 44.2 Å². The Hall–Kier alpha value is -5.34. The fourth-order valence-electron chi connectivity index (χ4n) is 5.13. The maximum atomic E-state index is 14.0. The van der Waals surface area contributed by atoms with Gasteiger partial charge in [-0.05, 0) is 81.3 Å². The van der Waals surface area contributed by atoms with Crippen LogP contribution in [0.1, 0.15) is 60.0 Å². The van der Waals surface area contributed by atoms with Gasteiger partial charge >= 0.3 is 5.97 Å². The van der Waals surface area contributed by atoms with E-state index in [1.807, 2.05) is 60.7 Å². The van der Waals surface area contributed by atoms with Gasteiger partial charge < -0.3 is 10.1 Å². The summed E-state index contributed by atoms with van der Waals surface area (Å²) < 4.78 is 6.62. The molecule has 0 fully saturated rings. The monoisotopic (exact) mass is 647 g/mol. The number of ketones is 1. The van der Waals surface area contributed by atoms with Crippen molar-refractivity contribution in [1.29, 1.82) is 0 Å². The van der Waals surface area contributed by atoms with Crippen molar-refractivity contribution in [1.82, 2.24) is 9.78 Å². The minimum Gasteiger partial charge on any atom is -0.456 e. The lowest BCUT2D eigenvalue weighted by atomic mass is 9.94. The number of anilines is 1. The number of carbonyl (C=O) groups excluding carboxylic acids is 3. The SMILES string of the molecule is CC(=O)c1ccc(Cl)cc1-c1cc(=O)n([C@@H](Cc2ccccc2)C(=O)Nc2ccc(C(=O)OC(C)(C)C)cc2)nc1-c1ccccc1. The maximum absolute atomic E-state index is 14.0. The molecule has 1 aromatic heterocycles. The summed E-state index contributed by atoms with van der Waals surface area (Å²) in [6.07, 6.45) is 0.166. The number of esters is 1. The van der Waals surface area contributed by atoms with Crippen molar-refractivity contribution in [2.24, 2.45) is 0 Å². The molecule has 47 heavy (non-hydrogen) atoms. The third-order valence-corrected chi connectivity index (χ3v) is 7.55. The zero-order chi connectivity index (χ0) is 33.7. The highest BCUT2D eigenvalue weighted by molar-refractivity contribution is 6.31. The molecule has 5 rings (SSSR count). The van der Waals surface area contributed by atoms with Gasteiger partial charge in [0.1, 0.15) is 11.6 Å². The summed E-state index contributed by atoms with van der Waals surface area (Å²) in [7, 11) is 0. The molecule has 0 bridgehead atoms. The van der Waals surface area contributed by atoms with Crippen molar-refractivity contribution in [3.05, 3.63) is 141 Å². The Balaban J connectivity index is 1.60. The number of nitrogens with one attached hydrogen (secondary N) is 1. The summed E-state index contributed by atoms with van der Waals surface area (Å²) in [6.45, 7) is 6.81. The Bertz CT molecular complexity index is 1980. The molecular formula is C38H34ClN3O5. The average Bonchev–Trinajstić information content (AvgIpc) is 3.04. The van der Waals surface area contributed by atoms with Gasteiger partial charge in [0.15, 0.2) is 5.78 Å². The lowest BCUT2D eigenvalue weighted by molar-refractivity contribution is -0.119. The van der Waals surface area contributed by atoms with Gasteiger partial charge in [-0.3, -0.25) is 14.4 Å². The van der Waals surface area contributed by atoms with Crippen LogP contribution in [-0.2, 0) is 16.0 Å². The lowest BCUT2D eigenvalue weighted by Gasteiger charge is -2.21. The highest BCUT2D eigenvalue weighted by Gasteiger charge is 2.27. The number of nitrogens with zero attached hydrogens (tertiary/aromatic N) is 2. The van der Waals surface area contributed by atoms with E-state index in [4.69, 9.17) is 21.4 Å². The quantitative estimate of drug-likeness (QED) is 0.129. The summed E-state index contributed by atoms with van der Waals surface area (Å²) in [4.78, 5) is 53.1. The lowest BCUT2D eigenvalue weighted by Crippen LogP contribution is -2.36. The van der Waals surface area contributed by atoms with Crippen molar-refractivity contribution < 1.29 is 19.1 Å². The standard InChI is InChI=1S/C38H34ClN3O5/c1-24(43)30-20-17-28(39)22-31(30)32-23-34(44)42(41-35(32)26-13-9-6-10-14-26)33(21-25-11-7-5-8-12-25)36(45)40-29-18-15-27(16-19-29)37(46)47-38(2,3)4/h5-20,22-23,33H,21H2,1-4H3,(H,40,45)/t33-/m0/s1. The van der Waals surface area contributed by atoms with Gasteiger partial charge in [0.2, 0.25) is 5.91 Å². The van der Waals surface area contributed by atoms with E-state index in [1.54, 1.807) is 63.2 Å². The van der Waals surface area contributed by atoms with Crippen LogP contribution in [-0.4, -0.2) is 33.0 Å². The van der Waals surface area contributed by atoms with E-state index in [0.717, 1.165) is 5.56 Å². The third-order valence-electron chi connectivity index (χ3n) is 7.31. The van der Waals surface area contributed by atoms with Gasteiger partial charge in [0, 0.05) is 39.9 Å². The number of amides is 1. The second kappa shape index (κ2) is 14.0. The number of hydrogen-bond acceptors (Lipinski definition) is 6. The van der Waals surface area contributed by atoms with E-state index < -0.39 is 29.1 Å². The molecule has 0 spiro atoms. The molecule has 0 aliphatic rings. The van der Waals surface area contributed by atoms with Crippen molar-refractivity contribution >= 4 is 34.9 Å². The van der Waals surface area contributed by atoms with Crippen LogP contribution in [0.3, 0.4) is 0 Å². The minimum absolute atomic E-state index is 0.166. The fraction of sp³-hybridized carbons (Fsp3) is 0.184. The van der Waals surface area contributed by atoms with E-state index >= 15 is 0 Å². The first kappa shape index (κ1) is 33.0. The summed E-state index contributed by atoms with van der Waals surface area (Å²) in [5, 5.41) is 8.09.